The second-order valence-corrected chi connectivity index (χ2v) is 6.72. The van der Waals surface area contributed by atoms with E-state index in [0.717, 1.165) is 19.3 Å². The van der Waals surface area contributed by atoms with E-state index in [1.54, 1.807) is 0 Å². The minimum Gasteiger partial charge on any atom is -0.481 e. The zero-order valence-electron chi connectivity index (χ0n) is 11.3. The van der Waals surface area contributed by atoms with E-state index in [4.69, 9.17) is 0 Å². The quantitative estimate of drug-likeness (QED) is 0.760. The maximum atomic E-state index is 12.3. The standard InChI is InChI=1S/C15H21NO3/c1-15(5-2-6-15)8-16-13(17)11-9-3-4-10(7-9)12(11)14(18)19/h3-4,9-12H,2,5-8H2,1H3,(H,16,17)(H,18,19)/t9?,10?,11-,12+/m0/s1. The fourth-order valence-electron chi connectivity index (χ4n) is 3.89. The molecule has 0 heterocycles. The van der Waals surface area contributed by atoms with Crippen molar-refractivity contribution in [2.24, 2.45) is 29.1 Å². The normalized spacial score (nSPS) is 37.9. The molecule has 0 aliphatic heterocycles. The summed E-state index contributed by atoms with van der Waals surface area (Å²) in [4.78, 5) is 23.7. The number of hydrogen-bond donors (Lipinski definition) is 2. The second kappa shape index (κ2) is 4.36. The highest BCUT2D eigenvalue weighted by molar-refractivity contribution is 5.86. The Kier molecular flexibility index (Phi) is 2.91. The Balaban J connectivity index is 1.65. The Morgan fingerprint density at radius 2 is 1.89 bits per heavy atom. The molecule has 104 valence electrons. The molecule has 0 aromatic rings. The van der Waals surface area contributed by atoms with E-state index in [1.807, 2.05) is 12.2 Å². The Hall–Kier alpha value is -1.32. The number of carboxylic acids is 1. The van der Waals surface area contributed by atoms with Crippen LogP contribution in [0.25, 0.3) is 0 Å². The van der Waals surface area contributed by atoms with Gasteiger partial charge in [-0.05, 0) is 36.5 Å². The molecule has 2 bridgehead atoms. The Morgan fingerprint density at radius 3 is 2.42 bits per heavy atom. The van der Waals surface area contributed by atoms with Crippen LogP contribution in [0.2, 0.25) is 0 Å². The summed E-state index contributed by atoms with van der Waals surface area (Å²) in [6, 6.07) is 0. The first kappa shape index (κ1) is 12.7. The van der Waals surface area contributed by atoms with Crippen molar-refractivity contribution in [2.45, 2.75) is 32.6 Å². The monoisotopic (exact) mass is 263 g/mol. The highest BCUT2D eigenvalue weighted by Gasteiger charge is 2.51. The van der Waals surface area contributed by atoms with Gasteiger partial charge in [-0.25, -0.2) is 0 Å². The van der Waals surface area contributed by atoms with Gasteiger partial charge in [-0.15, -0.1) is 0 Å². The lowest BCUT2D eigenvalue weighted by Gasteiger charge is -2.39. The first-order valence-electron chi connectivity index (χ1n) is 7.19. The van der Waals surface area contributed by atoms with Crippen LogP contribution >= 0.6 is 0 Å². The number of aliphatic carboxylic acids is 1. The number of allylic oxidation sites excluding steroid dienone is 2. The number of carbonyl (C=O) groups is 2. The van der Waals surface area contributed by atoms with Gasteiger partial charge >= 0.3 is 5.97 Å². The van der Waals surface area contributed by atoms with Gasteiger partial charge in [-0.1, -0.05) is 25.5 Å². The van der Waals surface area contributed by atoms with Crippen LogP contribution < -0.4 is 5.32 Å². The van der Waals surface area contributed by atoms with E-state index in [9.17, 15) is 14.7 Å². The van der Waals surface area contributed by atoms with Crippen LogP contribution in [0.4, 0.5) is 0 Å². The molecule has 0 aromatic carbocycles. The summed E-state index contributed by atoms with van der Waals surface area (Å²) in [5, 5.41) is 12.3. The Morgan fingerprint density at radius 1 is 1.26 bits per heavy atom. The van der Waals surface area contributed by atoms with Crippen LogP contribution in [-0.2, 0) is 9.59 Å². The number of rotatable bonds is 4. The van der Waals surface area contributed by atoms with E-state index in [2.05, 4.69) is 12.2 Å². The molecule has 19 heavy (non-hydrogen) atoms. The molecular formula is C15H21NO3. The second-order valence-electron chi connectivity index (χ2n) is 6.72. The molecule has 2 unspecified atom stereocenters. The largest absolute Gasteiger partial charge is 0.481 e. The molecule has 4 atom stereocenters. The van der Waals surface area contributed by atoms with E-state index in [0.29, 0.717) is 6.54 Å². The van der Waals surface area contributed by atoms with Crippen molar-refractivity contribution >= 4 is 11.9 Å². The third-order valence-corrected chi connectivity index (χ3v) is 5.30. The van der Waals surface area contributed by atoms with Crippen LogP contribution in [0, 0.1) is 29.1 Å². The molecule has 3 aliphatic rings. The Bertz CT molecular complexity index is 439. The van der Waals surface area contributed by atoms with Gasteiger partial charge < -0.3 is 10.4 Å². The van der Waals surface area contributed by atoms with Crippen LogP contribution in [-0.4, -0.2) is 23.5 Å². The molecule has 0 aromatic heterocycles. The summed E-state index contributed by atoms with van der Waals surface area (Å²) in [5.74, 6) is -1.59. The summed E-state index contributed by atoms with van der Waals surface area (Å²) < 4.78 is 0. The van der Waals surface area contributed by atoms with Gasteiger partial charge in [0.05, 0.1) is 11.8 Å². The zero-order valence-corrected chi connectivity index (χ0v) is 11.3. The minimum atomic E-state index is -0.827. The third kappa shape index (κ3) is 2.07. The molecule has 1 amide bonds. The SMILES string of the molecule is CC1(CNC(=O)[C@H]2C3C=CC(C3)[C@H]2C(=O)O)CCC1. The first-order chi connectivity index (χ1) is 9.00. The predicted molar refractivity (Wildman–Crippen MR) is 70.3 cm³/mol. The van der Waals surface area contributed by atoms with E-state index < -0.39 is 11.9 Å². The van der Waals surface area contributed by atoms with Crippen molar-refractivity contribution < 1.29 is 14.7 Å². The van der Waals surface area contributed by atoms with Gasteiger partial charge in [0.15, 0.2) is 0 Å². The molecule has 2 N–H and O–H groups in total. The van der Waals surface area contributed by atoms with Gasteiger partial charge in [0, 0.05) is 6.54 Å². The minimum absolute atomic E-state index is 0.0533. The van der Waals surface area contributed by atoms with Gasteiger partial charge in [0.2, 0.25) is 5.91 Å². The van der Waals surface area contributed by atoms with Gasteiger partial charge in [0.1, 0.15) is 0 Å². The summed E-state index contributed by atoms with van der Waals surface area (Å²) in [6.45, 7) is 2.88. The number of hydrogen-bond acceptors (Lipinski definition) is 2. The first-order valence-corrected chi connectivity index (χ1v) is 7.19. The van der Waals surface area contributed by atoms with Crippen molar-refractivity contribution in [2.75, 3.05) is 6.54 Å². The van der Waals surface area contributed by atoms with E-state index in [1.165, 1.54) is 6.42 Å². The molecule has 2 fully saturated rings. The number of nitrogens with one attached hydrogen (secondary N) is 1. The van der Waals surface area contributed by atoms with Gasteiger partial charge in [0.25, 0.3) is 0 Å². The lowest BCUT2D eigenvalue weighted by Crippen LogP contribution is -2.45. The summed E-state index contributed by atoms with van der Waals surface area (Å²) >= 11 is 0. The molecule has 4 heteroatoms. The van der Waals surface area contributed by atoms with Gasteiger partial charge in [-0.2, -0.15) is 0 Å². The highest BCUT2D eigenvalue weighted by atomic mass is 16.4. The van der Waals surface area contributed by atoms with Crippen molar-refractivity contribution in [3.05, 3.63) is 12.2 Å². The topological polar surface area (TPSA) is 66.4 Å². The Labute approximate surface area is 113 Å². The van der Waals surface area contributed by atoms with E-state index in [-0.39, 0.29) is 29.1 Å². The molecule has 2 saturated carbocycles. The average molecular weight is 263 g/mol. The van der Waals surface area contributed by atoms with Crippen LogP contribution in [0.1, 0.15) is 32.6 Å². The van der Waals surface area contributed by atoms with Crippen LogP contribution in [0.3, 0.4) is 0 Å². The predicted octanol–water partition coefficient (Wildman–Crippen LogP) is 1.82. The van der Waals surface area contributed by atoms with E-state index >= 15 is 0 Å². The van der Waals surface area contributed by atoms with Gasteiger partial charge in [-0.3, -0.25) is 9.59 Å². The molecule has 3 rings (SSSR count). The number of fused-ring (bicyclic) bond motifs is 2. The number of amides is 1. The molecule has 0 saturated heterocycles. The lowest BCUT2D eigenvalue weighted by molar-refractivity contribution is -0.148. The number of carbonyl (C=O) groups excluding carboxylic acids is 1. The smallest absolute Gasteiger partial charge is 0.307 e. The van der Waals surface area contributed by atoms with Crippen molar-refractivity contribution in [3.63, 3.8) is 0 Å². The molecule has 0 radical (unpaired) electrons. The van der Waals surface area contributed by atoms with Crippen LogP contribution in [0.5, 0.6) is 0 Å². The molecular weight excluding hydrogens is 242 g/mol. The molecule has 4 nitrogen and oxygen atoms in total. The molecule has 0 spiro atoms. The average Bonchev–Trinajstić information content (AvgIpc) is 2.93. The van der Waals surface area contributed by atoms with Crippen molar-refractivity contribution in [1.82, 2.24) is 5.32 Å². The summed E-state index contributed by atoms with van der Waals surface area (Å²) in [5.41, 5.74) is 0.238. The maximum absolute atomic E-state index is 12.3. The summed E-state index contributed by atoms with van der Waals surface area (Å²) in [7, 11) is 0. The fourth-order valence-corrected chi connectivity index (χ4v) is 3.89. The third-order valence-electron chi connectivity index (χ3n) is 5.30. The summed E-state index contributed by atoms with van der Waals surface area (Å²) in [6.07, 6.45) is 8.38. The lowest BCUT2D eigenvalue weighted by atomic mass is 9.70. The highest BCUT2D eigenvalue weighted by Crippen LogP contribution is 2.48. The molecule has 3 aliphatic carbocycles. The maximum Gasteiger partial charge on any atom is 0.307 e. The number of carboxylic acid groups (broad SMARTS) is 1. The van der Waals surface area contributed by atoms with Crippen molar-refractivity contribution in [1.29, 1.82) is 0 Å². The van der Waals surface area contributed by atoms with Crippen molar-refractivity contribution in [3.8, 4) is 0 Å². The zero-order chi connectivity index (χ0) is 13.6. The fraction of sp³-hybridized carbons (Fsp3) is 0.733. The van der Waals surface area contributed by atoms with Crippen LogP contribution in [0.15, 0.2) is 12.2 Å².